The van der Waals surface area contributed by atoms with Crippen molar-refractivity contribution in [2.75, 3.05) is 14.2 Å². The van der Waals surface area contributed by atoms with Crippen LogP contribution in [0.4, 0.5) is 0 Å². The summed E-state index contributed by atoms with van der Waals surface area (Å²) in [6.45, 7) is 0.0533. The Hall–Kier alpha value is -2.12. The van der Waals surface area contributed by atoms with E-state index in [0.29, 0.717) is 4.88 Å². The predicted molar refractivity (Wildman–Crippen MR) is 96.3 cm³/mol. The number of thiophene rings is 1. The number of carbonyl (C=O) groups is 2. The Morgan fingerprint density at radius 1 is 1.17 bits per heavy atom. The van der Waals surface area contributed by atoms with E-state index in [1.807, 2.05) is 30.3 Å². The summed E-state index contributed by atoms with van der Waals surface area (Å²) >= 11 is 4.94. The summed E-state index contributed by atoms with van der Waals surface area (Å²) in [5.41, 5.74) is 2.72. The van der Waals surface area contributed by atoms with Gasteiger partial charge in [0, 0.05) is 5.56 Å². The van der Waals surface area contributed by atoms with E-state index in [0.717, 1.165) is 25.9 Å². The zero-order valence-electron chi connectivity index (χ0n) is 13.0. The van der Waals surface area contributed by atoms with Crippen LogP contribution in [0.1, 0.15) is 9.67 Å². The standard InChI is InChI=1S/C17H14BrNO4S/c1-22-13(20)9-19-11-8-12(17(21)23-2)24-15(11)14(16(19)18)10-6-4-3-5-7-10/h3-8H,9H2,1-2H3. The Balaban J connectivity index is 2.26. The van der Waals surface area contributed by atoms with E-state index < -0.39 is 5.97 Å². The van der Waals surface area contributed by atoms with Gasteiger partial charge in [-0.25, -0.2) is 4.79 Å². The Morgan fingerprint density at radius 3 is 2.50 bits per heavy atom. The molecule has 0 spiro atoms. The highest BCUT2D eigenvalue weighted by Crippen LogP contribution is 2.42. The highest BCUT2D eigenvalue weighted by molar-refractivity contribution is 9.10. The van der Waals surface area contributed by atoms with Crippen molar-refractivity contribution in [1.29, 1.82) is 0 Å². The first-order chi connectivity index (χ1) is 11.6. The lowest BCUT2D eigenvalue weighted by molar-refractivity contribution is -0.141. The minimum atomic E-state index is -0.393. The molecule has 0 N–H and O–H groups in total. The summed E-state index contributed by atoms with van der Waals surface area (Å²) in [5, 5.41) is 0. The zero-order chi connectivity index (χ0) is 17.3. The van der Waals surface area contributed by atoms with Crippen molar-refractivity contribution >= 4 is 49.4 Å². The number of fused-ring (bicyclic) bond motifs is 1. The van der Waals surface area contributed by atoms with E-state index in [1.54, 1.807) is 10.6 Å². The molecule has 3 aromatic rings. The van der Waals surface area contributed by atoms with E-state index in [-0.39, 0.29) is 12.5 Å². The Morgan fingerprint density at radius 2 is 1.88 bits per heavy atom. The summed E-state index contributed by atoms with van der Waals surface area (Å²) in [6, 6.07) is 11.5. The van der Waals surface area contributed by atoms with Gasteiger partial charge in [-0.1, -0.05) is 30.3 Å². The van der Waals surface area contributed by atoms with Crippen LogP contribution < -0.4 is 0 Å². The quantitative estimate of drug-likeness (QED) is 0.611. The van der Waals surface area contributed by atoms with Gasteiger partial charge in [0.1, 0.15) is 11.4 Å². The van der Waals surface area contributed by atoms with Crippen LogP contribution in [0.5, 0.6) is 0 Å². The fraction of sp³-hybridized carbons (Fsp3) is 0.176. The molecule has 0 radical (unpaired) electrons. The molecule has 0 aliphatic carbocycles. The van der Waals surface area contributed by atoms with E-state index in [1.165, 1.54) is 25.6 Å². The van der Waals surface area contributed by atoms with Gasteiger partial charge in [-0.05, 0) is 27.6 Å². The van der Waals surface area contributed by atoms with Gasteiger partial charge >= 0.3 is 11.9 Å². The molecule has 1 aromatic carbocycles. The molecule has 0 amide bonds. The number of benzene rings is 1. The van der Waals surface area contributed by atoms with Crippen LogP contribution in [-0.4, -0.2) is 30.7 Å². The summed E-state index contributed by atoms with van der Waals surface area (Å²) in [6.07, 6.45) is 0. The van der Waals surface area contributed by atoms with Gasteiger partial charge in [0.15, 0.2) is 0 Å². The zero-order valence-corrected chi connectivity index (χ0v) is 15.4. The number of methoxy groups -OCH3 is 2. The highest BCUT2D eigenvalue weighted by Gasteiger charge is 2.23. The minimum Gasteiger partial charge on any atom is -0.468 e. The number of ether oxygens (including phenoxy) is 2. The number of carbonyl (C=O) groups excluding carboxylic acids is 2. The molecule has 124 valence electrons. The van der Waals surface area contributed by atoms with Gasteiger partial charge in [-0.15, -0.1) is 11.3 Å². The van der Waals surface area contributed by atoms with Gasteiger partial charge < -0.3 is 14.0 Å². The minimum absolute atomic E-state index is 0.0533. The van der Waals surface area contributed by atoms with Crippen molar-refractivity contribution < 1.29 is 19.1 Å². The molecule has 2 aromatic heterocycles. The molecule has 0 saturated heterocycles. The Kier molecular flexibility index (Phi) is 4.73. The van der Waals surface area contributed by atoms with Crippen LogP contribution in [-0.2, 0) is 20.8 Å². The van der Waals surface area contributed by atoms with E-state index in [9.17, 15) is 9.59 Å². The smallest absolute Gasteiger partial charge is 0.348 e. The van der Waals surface area contributed by atoms with Crippen molar-refractivity contribution in [2.45, 2.75) is 6.54 Å². The number of aromatic nitrogens is 1. The highest BCUT2D eigenvalue weighted by atomic mass is 79.9. The first kappa shape index (κ1) is 16.7. The maximum Gasteiger partial charge on any atom is 0.348 e. The molecule has 0 bridgehead atoms. The van der Waals surface area contributed by atoms with E-state index in [4.69, 9.17) is 9.47 Å². The van der Waals surface area contributed by atoms with Crippen LogP contribution in [0, 0.1) is 0 Å². The number of esters is 2. The Labute approximate surface area is 150 Å². The van der Waals surface area contributed by atoms with Crippen LogP contribution in [0.3, 0.4) is 0 Å². The van der Waals surface area contributed by atoms with Gasteiger partial charge in [0.05, 0.1) is 29.0 Å². The molecule has 0 unspecified atom stereocenters. The SMILES string of the molecule is COC(=O)Cn1c(Br)c(-c2ccccc2)c2sc(C(=O)OC)cc21. The molecule has 7 heteroatoms. The number of halogens is 1. The largest absolute Gasteiger partial charge is 0.468 e. The van der Waals surface area contributed by atoms with E-state index >= 15 is 0 Å². The number of hydrogen-bond acceptors (Lipinski definition) is 5. The molecule has 0 atom stereocenters. The third-order valence-corrected chi connectivity index (χ3v) is 5.58. The number of nitrogens with zero attached hydrogens (tertiary/aromatic N) is 1. The molecule has 2 heterocycles. The van der Waals surface area contributed by atoms with Gasteiger partial charge in [-0.2, -0.15) is 0 Å². The molecule has 0 aliphatic rings. The first-order valence-corrected chi connectivity index (χ1v) is 8.69. The molecule has 0 aliphatic heterocycles. The van der Waals surface area contributed by atoms with Gasteiger partial charge in [0.25, 0.3) is 0 Å². The second kappa shape index (κ2) is 6.78. The van der Waals surface area contributed by atoms with Crippen LogP contribution >= 0.6 is 27.3 Å². The molecule has 5 nitrogen and oxygen atoms in total. The fourth-order valence-electron chi connectivity index (χ4n) is 2.50. The third kappa shape index (κ3) is 2.85. The van der Waals surface area contributed by atoms with Crippen molar-refractivity contribution in [3.8, 4) is 11.1 Å². The topological polar surface area (TPSA) is 57.5 Å². The second-order valence-electron chi connectivity index (χ2n) is 5.01. The first-order valence-electron chi connectivity index (χ1n) is 7.09. The lowest BCUT2D eigenvalue weighted by Gasteiger charge is -2.06. The molecular weight excluding hydrogens is 394 g/mol. The van der Waals surface area contributed by atoms with Crippen LogP contribution in [0.15, 0.2) is 41.0 Å². The number of rotatable bonds is 4. The lowest BCUT2D eigenvalue weighted by Crippen LogP contribution is -2.11. The van der Waals surface area contributed by atoms with Crippen LogP contribution in [0.2, 0.25) is 0 Å². The third-order valence-electron chi connectivity index (χ3n) is 3.64. The fourth-order valence-corrected chi connectivity index (χ4v) is 4.52. The summed E-state index contributed by atoms with van der Waals surface area (Å²) in [4.78, 5) is 24.1. The maximum absolute atomic E-state index is 11.9. The van der Waals surface area contributed by atoms with Gasteiger partial charge in [-0.3, -0.25) is 4.79 Å². The summed E-state index contributed by atoms with van der Waals surface area (Å²) in [7, 11) is 2.70. The monoisotopic (exact) mass is 407 g/mol. The van der Waals surface area contributed by atoms with Crippen molar-refractivity contribution in [3.63, 3.8) is 0 Å². The van der Waals surface area contributed by atoms with E-state index in [2.05, 4.69) is 15.9 Å². The maximum atomic E-state index is 11.9. The molecular formula is C17H14BrNO4S. The molecule has 3 rings (SSSR count). The predicted octanol–water partition coefficient (Wildman–Crippen LogP) is 4.09. The lowest BCUT2D eigenvalue weighted by atomic mass is 10.1. The van der Waals surface area contributed by atoms with Crippen molar-refractivity contribution in [2.24, 2.45) is 0 Å². The molecule has 0 saturated carbocycles. The average Bonchev–Trinajstić information content (AvgIpc) is 3.13. The summed E-state index contributed by atoms with van der Waals surface area (Å²) < 4.78 is 13.1. The summed E-state index contributed by atoms with van der Waals surface area (Å²) in [5.74, 6) is -0.756. The Bertz CT molecular complexity index is 914. The normalized spacial score (nSPS) is 10.8. The van der Waals surface area contributed by atoms with Crippen LogP contribution in [0.25, 0.3) is 21.3 Å². The number of hydrogen-bond donors (Lipinski definition) is 0. The van der Waals surface area contributed by atoms with Gasteiger partial charge in [0.2, 0.25) is 0 Å². The second-order valence-corrected chi connectivity index (χ2v) is 6.81. The molecule has 0 fully saturated rings. The average molecular weight is 408 g/mol. The molecule has 24 heavy (non-hydrogen) atoms. The van der Waals surface area contributed by atoms with Crippen molar-refractivity contribution in [3.05, 3.63) is 45.9 Å². The van der Waals surface area contributed by atoms with Crippen molar-refractivity contribution in [1.82, 2.24) is 4.57 Å².